The highest BCUT2D eigenvalue weighted by Crippen LogP contribution is 2.19. The Hall–Kier alpha value is -0.620. The van der Waals surface area contributed by atoms with Gasteiger partial charge in [-0.3, -0.25) is 4.90 Å². The number of nitrogens with one attached hydrogen (secondary N) is 1. The summed E-state index contributed by atoms with van der Waals surface area (Å²) in [6.07, 6.45) is -0.364. The van der Waals surface area contributed by atoms with E-state index in [2.05, 4.69) is 45.2 Å². The second-order valence-electron chi connectivity index (χ2n) is 4.96. The predicted octanol–water partition coefficient (Wildman–Crippen LogP) is 1.86. The van der Waals surface area contributed by atoms with E-state index < -0.39 is 0 Å². The minimum Gasteiger partial charge on any atom is -0.390 e. The summed E-state index contributed by atoms with van der Waals surface area (Å²) >= 11 is 3.48. The van der Waals surface area contributed by atoms with Gasteiger partial charge in [-0.15, -0.1) is 0 Å². The summed E-state index contributed by atoms with van der Waals surface area (Å²) in [5, 5.41) is 13.3. The van der Waals surface area contributed by atoms with Gasteiger partial charge in [0.15, 0.2) is 0 Å². The molecule has 0 radical (unpaired) electrons. The maximum Gasteiger partial charge on any atom is 0.0839 e. The fraction of sp³-hybridized carbons (Fsp3) is 0.571. The molecule has 0 amide bonds. The van der Waals surface area contributed by atoms with E-state index in [0.717, 1.165) is 36.5 Å². The van der Waals surface area contributed by atoms with Gasteiger partial charge in [-0.1, -0.05) is 15.9 Å². The molecule has 1 aromatic rings. The Labute approximate surface area is 122 Å². The van der Waals surface area contributed by atoms with E-state index in [4.69, 9.17) is 4.74 Å². The first-order chi connectivity index (χ1) is 9.13. The first-order valence-corrected chi connectivity index (χ1v) is 7.42. The maximum atomic E-state index is 10.0. The Kier molecular flexibility index (Phi) is 5.63. The molecule has 1 unspecified atom stereocenters. The van der Waals surface area contributed by atoms with Crippen LogP contribution < -0.4 is 5.32 Å². The lowest BCUT2D eigenvalue weighted by Gasteiger charge is -2.28. The maximum absolute atomic E-state index is 10.0. The van der Waals surface area contributed by atoms with Crippen molar-refractivity contribution < 1.29 is 9.84 Å². The molecule has 0 bridgehead atoms. The van der Waals surface area contributed by atoms with Crippen LogP contribution in [0.15, 0.2) is 22.7 Å². The van der Waals surface area contributed by atoms with E-state index in [1.54, 1.807) is 0 Å². The van der Waals surface area contributed by atoms with Gasteiger partial charge in [-0.25, -0.2) is 0 Å². The van der Waals surface area contributed by atoms with Crippen molar-refractivity contribution in [2.45, 2.75) is 13.0 Å². The van der Waals surface area contributed by atoms with E-state index in [-0.39, 0.29) is 6.10 Å². The van der Waals surface area contributed by atoms with Crippen LogP contribution in [0.2, 0.25) is 0 Å². The van der Waals surface area contributed by atoms with Gasteiger partial charge in [0.25, 0.3) is 0 Å². The fourth-order valence-electron chi connectivity index (χ4n) is 2.22. The Bertz CT molecular complexity index is 388. The van der Waals surface area contributed by atoms with Crippen LogP contribution in [-0.4, -0.2) is 55.5 Å². The normalized spacial score (nSPS) is 18.3. The van der Waals surface area contributed by atoms with Gasteiger partial charge in [-0.05, 0) is 30.7 Å². The van der Waals surface area contributed by atoms with Gasteiger partial charge < -0.3 is 15.2 Å². The number of anilines is 1. The van der Waals surface area contributed by atoms with Gasteiger partial charge in [0.1, 0.15) is 0 Å². The SMILES string of the molecule is Cc1cc(Br)cc(NCC(O)CN2CCOCC2)c1. The number of aliphatic hydroxyl groups excluding tert-OH is 1. The number of hydrogen-bond acceptors (Lipinski definition) is 4. The van der Waals surface area contributed by atoms with E-state index in [9.17, 15) is 5.11 Å². The monoisotopic (exact) mass is 328 g/mol. The molecule has 1 aliphatic heterocycles. The molecule has 0 saturated carbocycles. The number of rotatable bonds is 5. The summed E-state index contributed by atoms with van der Waals surface area (Å²) in [7, 11) is 0. The largest absolute Gasteiger partial charge is 0.390 e. The quantitative estimate of drug-likeness (QED) is 0.866. The zero-order chi connectivity index (χ0) is 13.7. The Morgan fingerprint density at radius 1 is 1.37 bits per heavy atom. The van der Waals surface area contributed by atoms with Crippen LogP contribution in [0.4, 0.5) is 5.69 Å². The number of benzene rings is 1. The van der Waals surface area contributed by atoms with Crippen molar-refractivity contribution >= 4 is 21.6 Å². The zero-order valence-electron chi connectivity index (χ0n) is 11.2. The third-order valence-electron chi connectivity index (χ3n) is 3.16. The number of aryl methyl sites for hydroxylation is 1. The molecule has 5 heteroatoms. The number of β-amino-alcohol motifs (C(OH)–C–C–N with tert-alkyl or cyclic N) is 1. The van der Waals surface area contributed by atoms with Gasteiger partial charge in [0, 0.05) is 36.3 Å². The molecule has 0 aliphatic carbocycles. The number of nitrogens with zero attached hydrogens (tertiary/aromatic N) is 1. The molecule has 106 valence electrons. The molecule has 0 aromatic heterocycles. The molecule has 1 aliphatic rings. The number of aliphatic hydroxyl groups is 1. The van der Waals surface area contributed by atoms with Gasteiger partial charge >= 0.3 is 0 Å². The van der Waals surface area contributed by atoms with E-state index in [1.807, 2.05) is 6.07 Å². The minimum atomic E-state index is -0.364. The van der Waals surface area contributed by atoms with E-state index in [1.165, 1.54) is 5.56 Å². The van der Waals surface area contributed by atoms with E-state index >= 15 is 0 Å². The van der Waals surface area contributed by atoms with Crippen LogP contribution in [0.3, 0.4) is 0 Å². The summed E-state index contributed by atoms with van der Waals surface area (Å²) in [6.45, 7) is 6.67. The lowest BCUT2D eigenvalue weighted by Crippen LogP contribution is -2.42. The lowest BCUT2D eigenvalue weighted by molar-refractivity contribution is 0.0171. The molecular weight excluding hydrogens is 308 g/mol. The van der Waals surface area contributed by atoms with Crippen LogP contribution in [0.1, 0.15) is 5.56 Å². The molecule has 1 atom stereocenters. The van der Waals surface area contributed by atoms with Crippen molar-refractivity contribution in [3.8, 4) is 0 Å². The molecule has 4 nitrogen and oxygen atoms in total. The standard InChI is InChI=1S/C14H21BrN2O2/c1-11-6-12(15)8-13(7-11)16-9-14(18)10-17-2-4-19-5-3-17/h6-8,14,16,18H,2-5,9-10H2,1H3. The summed E-state index contributed by atoms with van der Waals surface area (Å²) in [5.74, 6) is 0. The number of morpholine rings is 1. The first-order valence-electron chi connectivity index (χ1n) is 6.63. The summed E-state index contributed by atoms with van der Waals surface area (Å²) in [4.78, 5) is 2.24. The topological polar surface area (TPSA) is 44.7 Å². The van der Waals surface area contributed by atoms with Gasteiger partial charge in [0.05, 0.1) is 19.3 Å². The molecule has 2 N–H and O–H groups in total. The Morgan fingerprint density at radius 3 is 2.79 bits per heavy atom. The number of halogens is 1. The van der Waals surface area contributed by atoms with Crippen molar-refractivity contribution in [2.75, 3.05) is 44.7 Å². The molecule has 1 heterocycles. The van der Waals surface area contributed by atoms with Gasteiger partial charge in [0.2, 0.25) is 0 Å². The lowest BCUT2D eigenvalue weighted by atomic mass is 10.2. The molecule has 19 heavy (non-hydrogen) atoms. The first kappa shape index (κ1) is 14.8. The zero-order valence-corrected chi connectivity index (χ0v) is 12.8. The fourth-order valence-corrected chi connectivity index (χ4v) is 2.83. The smallest absolute Gasteiger partial charge is 0.0839 e. The Balaban J connectivity index is 1.77. The van der Waals surface area contributed by atoms with Gasteiger partial charge in [-0.2, -0.15) is 0 Å². The molecule has 1 saturated heterocycles. The summed E-state index contributed by atoms with van der Waals surface area (Å²) in [6, 6.07) is 6.16. The Morgan fingerprint density at radius 2 is 2.11 bits per heavy atom. The minimum absolute atomic E-state index is 0.364. The molecule has 1 aromatic carbocycles. The second kappa shape index (κ2) is 7.24. The van der Waals surface area contributed by atoms with Crippen LogP contribution >= 0.6 is 15.9 Å². The average Bonchev–Trinajstić information content (AvgIpc) is 2.36. The van der Waals surface area contributed by atoms with E-state index in [0.29, 0.717) is 13.1 Å². The third-order valence-corrected chi connectivity index (χ3v) is 3.61. The van der Waals surface area contributed by atoms with Crippen LogP contribution in [-0.2, 0) is 4.74 Å². The number of ether oxygens (including phenoxy) is 1. The van der Waals surface area contributed by atoms with Crippen molar-refractivity contribution in [3.63, 3.8) is 0 Å². The number of hydrogen-bond donors (Lipinski definition) is 2. The van der Waals surface area contributed by atoms with Crippen molar-refractivity contribution in [2.24, 2.45) is 0 Å². The summed E-state index contributed by atoms with van der Waals surface area (Å²) < 4.78 is 6.35. The van der Waals surface area contributed by atoms with Crippen LogP contribution in [0, 0.1) is 6.92 Å². The summed E-state index contributed by atoms with van der Waals surface area (Å²) in [5.41, 5.74) is 2.23. The molecule has 1 fully saturated rings. The van der Waals surface area contributed by atoms with Crippen LogP contribution in [0.5, 0.6) is 0 Å². The van der Waals surface area contributed by atoms with Crippen molar-refractivity contribution in [3.05, 3.63) is 28.2 Å². The predicted molar refractivity (Wildman–Crippen MR) is 80.6 cm³/mol. The molecule has 0 spiro atoms. The second-order valence-corrected chi connectivity index (χ2v) is 5.88. The van der Waals surface area contributed by atoms with Crippen molar-refractivity contribution in [1.82, 2.24) is 4.90 Å². The highest BCUT2D eigenvalue weighted by atomic mass is 79.9. The molecular formula is C14H21BrN2O2. The third kappa shape index (κ3) is 5.10. The highest BCUT2D eigenvalue weighted by molar-refractivity contribution is 9.10. The average molecular weight is 329 g/mol. The molecule has 2 rings (SSSR count). The van der Waals surface area contributed by atoms with Crippen LogP contribution in [0.25, 0.3) is 0 Å². The van der Waals surface area contributed by atoms with Crippen molar-refractivity contribution in [1.29, 1.82) is 0 Å². The highest BCUT2D eigenvalue weighted by Gasteiger charge is 2.14.